The Morgan fingerprint density at radius 2 is 2.04 bits per heavy atom. The first-order chi connectivity index (χ1) is 11.2. The van der Waals surface area contributed by atoms with Gasteiger partial charge in [0.1, 0.15) is 6.10 Å². The van der Waals surface area contributed by atoms with E-state index in [1.807, 2.05) is 26.0 Å². The van der Waals surface area contributed by atoms with Crippen LogP contribution in [0.5, 0.6) is 0 Å². The second-order valence-electron chi connectivity index (χ2n) is 7.71. The topological polar surface area (TPSA) is 43.4 Å². The average molecular weight is 330 g/mol. The van der Waals surface area contributed by atoms with Crippen LogP contribution < -0.4 is 0 Å². The number of hydrogen-bond acceptors (Lipinski definition) is 3. The summed E-state index contributed by atoms with van der Waals surface area (Å²) in [4.78, 5) is 25.1. The Labute approximate surface area is 145 Å². The van der Waals surface area contributed by atoms with Crippen molar-refractivity contribution in [1.29, 1.82) is 0 Å². The number of rotatable bonds is 6. The van der Waals surface area contributed by atoms with Crippen LogP contribution >= 0.6 is 0 Å². The second-order valence-corrected chi connectivity index (χ2v) is 7.71. The zero-order valence-electron chi connectivity index (χ0n) is 15.8. The molecule has 24 heavy (non-hydrogen) atoms. The third-order valence-corrected chi connectivity index (χ3v) is 5.48. The van der Waals surface area contributed by atoms with Crippen molar-refractivity contribution in [3.8, 4) is 0 Å². The molecule has 1 saturated carbocycles. The van der Waals surface area contributed by atoms with E-state index in [0.29, 0.717) is 12.8 Å². The first-order valence-electron chi connectivity index (χ1n) is 8.94. The molecular weight excluding hydrogens is 300 g/mol. The van der Waals surface area contributed by atoms with Crippen molar-refractivity contribution in [2.45, 2.75) is 66.9 Å². The SMILES string of the molecule is C/C=C\CC1=C(C)[C@@H](OC(=O)[C@@]2(C(C)C)C[C@@H]2C=C(C)C)CC1=O. The van der Waals surface area contributed by atoms with E-state index in [4.69, 9.17) is 4.74 Å². The molecule has 0 bridgehead atoms. The van der Waals surface area contributed by atoms with E-state index >= 15 is 0 Å². The average Bonchev–Trinajstić information content (AvgIpc) is 3.14. The van der Waals surface area contributed by atoms with Crippen LogP contribution in [0.3, 0.4) is 0 Å². The molecule has 0 aromatic carbocycles. The smallest absolute Gasteiger partial charge is 0.313 e. The molecule has 3 atom stereocenters. The lowest BCUT2D eigenvalue weighted by Crippen LogP contribution is -2.30. The van der Waals surface area contributed by atoms with Gasteiger partial charge in [-0.3, -0.25) is 9.59 Å². The Hall–Kier alpha value is -1.64. The van der Waals surface area contributed by atoms with Crippen molar-refractivity contribution in [3.05, 3.63) is 34.9 Å². The summed E-state index contributed by atoms with van der Waals surface area (Å²) in [6, 6.07) is 0. The predicted octanol–water partition coefficient (Wildman–Crippen LogP) is 4.78. The van der Waals surface area contributed by atoms with Gasteiger partial charge in [0.2, 0.25) is 0 Å². The summed E-state index contributed by atoms with van der Waals surface area (Å²) in [7, 11) is 0. The van der Waals surface area contributed by atoms with Gasteiger partial charge in [0.15, 0.2) is 5.78 Å². The van der Waals surface area contributed by atoms with Crippen molar-refractivity contribution in [2.24, 2.45) is 17.3 Å². The number of esters is 1. The number of allylic oxidation sites excluding steroid dienone is 5. The summed E-state index contributed by atoms with van der Waals surface area (Å²) >= 11 is 0. The van der Waals surface area contributed by atoms with Gasteiger partial charge in [-0.05, 0) is 57.9 Å². The van der Waals surface area contributed by atoms with E-state index in [0.717, 1.165) is 17.6 Å². The number of carbonyl (C=O) groups is 2. The van der Waals surface area contributed by atoms with E-state index in [2.05, 4.69) is 33.8 Å². The fourth-order valence-electron chi connectivity index (χ4n) is 3.79. The van der Waals surface area contributed by atoms with Crippen LogP contribution in [0.4, 0.5) is 0 Å². The van der Waals surface area contributed by atoms with Crippen molar-refractivity contribution in [3.63, 3.8) is 0 Å². The molecular formula is C21H30O3. The minimum Gasteiger partial charge on any atom is -0.457 e. The highest BCUT2D eigenvalue weighted by Gasteiger charge is 2.62. The zero-order valence-corrected chi connectivity index (χ0v) is 15.8. The van der Waals surface area contributed by atoms with Crippen LogP contribution in [-0.4, -0.2) is 17.9 Å². The standard InChI is InChI=1S/C21H30O3/c1-7-8-9-17-15(6)19(11-18(17)22)24-20(23)21(14(4)5)12-16(21)10-13(2)3/h7-8,10,14,16,19H,9,11-12H2,1-6H3/b8-7-/t16-,19-,21+/m0/s1. The molecule has 0 spiro atoms. The van der Waals surface area contributed by atoms with E-state index in [-0.39, 0.29) is 29.7 Å². The fraction of sp³-hybridized carbons (Fsp3) is 0.619. The first-order valence-corrected chi connectivity index (χ1v) is 8.94. The van der Waals surface area contributed by atoms with Crippen LogP contribution in [-0.2, 0) is 14.3 Å². The molecule has 132 valence electrons. The summed E-state index contributed by atoms with van der Waals surface area (Å²) < 4.78 is 5.83. The third kappa shape index (κ3) is 3.40. The van der Waals surface area contributed by atoms with E-state index in [1.54, 1.807) is 0 Å². The fourth-order valence-corrected chi connectivity index (χ4v) is 3.79. The molecule has 0 N–H and O–H groups in total. The first kappa shape index (κ1) is 18.7. The Bertz CT molecular complexity index is 617. The van der Waals surface area contributed by atoms with Crippen LogP contribution in [0, 0.1) is 17.3 Å². The van der Waals surface area contributed by atoms with Gasteiger partial charge in [0.05, 0.1) is 11.8 Å². The van der Waals surface area contributed by atoms with Gasteiger partial charge in [-0.2, -0.15) is 0 Å². The Balaban J connectivity index is 2.13. The molecule has 2 rings (SSSR count). The highest BCUT2D eigenvalue weighted by molar-refractivity contribution is 6.00. The van der Waals surface area contributed by atoms with Crippen LogP contribution in [0.15, 0.2) is 34.9 Å². The zero-order chi connectivity index (χ0) is 18.1. The number of hydrogen-bond donors (Lipinski definition) is 0. The summed E-state index contributed by atoms with van der Waals surface area (Å²) in [6.07, 6.45) is 7.49. The van der Waals surface area contributed by atoms with Gasteiger partial charge in [0, 0.05) is 5.57 Å². The summed E-state index contributed by atoms with van der Waals surface area (Å²) in [6.45, 7) is 12.1. The summed E-state index contributed by atoms with van der Waals surface area (Å²) in [5.41, 5.74) is 2.55. The number of Topliss-reactive ketones (excluding diaryl/α,β-unsaturated/α-hetero) is 1. The lowest BCUT2D eigenvalue weighted by molar-refractivity contribution is -0.156. The molecule has 0 aromatic rings. The molecule has 3 nitrogen and oxygen atoms in total. The molecule has 0 radical (unpaired) electrons. The largest absolute Gasteiger partial charge is 0.457 e. The number of carbonyl (C=O) groups excluding carboxylic acids is 2. The normalized spacial score (nSPS) is 29.5. The molecule has 2 aliphatic carbocycles. The molecule has 0 unspecified atom stereocenters. The van der Waals surface area contributed by atoms with E-state index < -0.39 is 5.41 Å². The van der Waals surface area contributed by atoms with Crippen molar-refractivity contribution >= 4 is 11.8 Å². The minimum atomic E-state index is -0.410. The maximum Gasteiger partial charge on any atom is 0.313 e. The van der Waals surface area contributed by atoms with Crippen molar-refractivity contribution in [1.82, 2.24) is 0 Å². The molecule has 0 amide bonds. The molecule has 0 aliphatic heterocycles. The second kappa shape index (κ2) is 7.08. The highest BCUT2D eigenvalue weighted by Crippen LogP contribution is 2.60. The Morgan fingerprint density at radius 3 is 2.58 bits per heavy atom. The quantitative estimate of drug-likeness (QED) is 0.520. The summed E-state index contributed by atoms with van der Waals surface area (Å²) in [5, 5.41) is 0. The van der Waals surface area contributed by atoms with Crippen LogP contribution in [0.1, 0.15) is 60.8 Å². The van der Waals surface area contributed by atoms with Gasteiger partial charge in [0.25, 0.3) is 0 Å². The van der Waals surface area contributed by atoms with Crippen LogP contribution in [0.2, 0.25) is 0 Å². The van der Waals surface area contributed by atoms with Crippen molar-refractivity contribution in [2.75, 3.05) is 0 Å². The molecule has 2 aliphatic rings. The molecule has 0 saturated heterocycles. The van der Waals surface area contributed by atoms with Gasteiger partial charge < -0.3 is 4.74 Å². The van der Waals surface area contributed by atoms with E-state index in [9.17, 15) is 9.59 Å². The highest BCUT2D eigenvalue weighted by atomic mass is 16.5. The van der Waals surface area contributed by atoms with Gasteiger partial charge in [-0.25, -0.2) is 0 Å². The minimum absolute atomic E-state index is 0.110. The number of ether oxygens (including phenoxy) is 1. The van der Waals surface area contributed by atoms with Gasteiger partial charge >= 0.3 is 5.97 Å². The monoisotopic (exact) mass is 330 g/mol. The van der Waals surface area contributed by atoms with Crippen molar-refractivity contribution < 1.29 is 14.3 Å². The van der Waals surface area contributed by atoms with E-state index in [1.165, 1.54) is 5.57 Å². The lowest BCUT2D eigenvalue weighted by Gasteiger charge is -2.23. The van der Waals surface area contributed by atoms with Gasteiger partial charge in [-0.1, -0.05) is 37.6 Å². The summed E-state index contributed by atoms with van der Waals surface area (Å²) in [5.74, 6) is 0.469. The maximum absolute atomic E-state index is 12.9. The molecule has 0 heterocycles. The maximum atomic E-state index is 12.9. The third-order valence-electron chi connectivity index (χ3n) is 5.48. The predicted molar refractivity (Wildman–Crippen MR) is 96.4 cm³/mol. The molecule has 1 fully saturated rings. The Kier molecular flexibility index (Phi) is 5.52. The van der Waals surface area contributed by atoms with Crippen LogP contribution in [0.25, 0.3) is 0 Å². The molecule has 3 heteroatoms. The lowest BCUT2D eigenvalue weighted by atomic mass is 9.89. The number of ketones is 1. The Morgan fingerprint density at radius 1 is 1.38 bits per heavy atom. The van der Waals surface area contributed by atoms with Gasteiger partial charge in [-0.15, -0.1) is 0 Å². The molecule has 0 aromatic heterocycles.